The summed E-state index contributed by atoms with van der Waals surface area (Å²) in [5.41, 5.74) is 6.03. The molecule has 0 bridgehead atoms. The molecule has 4 rings (SSSR count). The normalized spacial score (nSPS) is 9.72. The first-order valence-electron chi connectivity index (χ1n) is 13.2. The molecule has 0 aliphatic heterocycles. The van der Waals surface area contributed by atoms with E-state index in [1.165, 1.54) is 94.4 Å². The van der Waals surface area contributed by atoms with Gasteiger partial charge >= 0.3 is 26.2 Å². The minimum Gasteiger partial charge on any atom is -1.00 e. The number of hydrogen-bond acceptors (Lipinski definition) is 0. The third-order valence-corrected chi connectivity index (χ3v) is 7.68. The standard InChI is InChI=1S/2C14H17.C4H11Si.2FH.Zr/c2*1-3-4-7-12-10-13-8-5-6-9-14(13)11(12)2;1-3-5-4-2;;;/h2*5-6,8-10H,3-4,7H2,1-2H3;5H,3-4H2,1-2H3;2*1H;/q2*-1;;;;+4/p-2. The van der Waals surface area contributed by atoms with E-state index in [0.717, 1.165) is 9.52 Å². The van der Waals surface area contributed by atoms with Crippen LogP contribution in [0, 0.1) is 13.8 Å². The first-order chi connectivity index (χ1) is 16.1. The summed E-state index contributed by atoms with van der Waals surface area (Å²) in [7, 11) is 0.815. The van der Waals surface area contributed by atoms with Gasteiger partial charge in [0.05, 0.1) is 0 Å². The number of rotatable bonds is 8. The zero-order chi connectivity index (χ0) is 24.1. The summed E-state index contributed by atoms with van der Waals surface area (Å²) in [6, 6.07) is 24.9. The van der Waals surface area contributed by atoms with E-state index < -0.39 is 0 Å². The number of aryl methyl sites for hydroxylation is 4. The van der Waals surface area contributed by atoms with Crippen LogP contribution in [0.5, 0.6) is 0 Å². The fourth-order valence-corrected chi connectivity index (χ4v) is 4.99. The second-order valence-electron chi connectivity index (χ2n) is 9.08. The Morgan fingerprint density at radius 3 is 1.25 bits per heavy atom. The first-order valence-corrected chi connectivity index (χ1v) is 14.8. The zero-order valence-electron chi connectivity index (χ0n) is 23.3. The molecule has 0 saturated heterocycles. The molecule has 0 nitrogen and oxygen atoms in total. The molecular formula is C32H45F2SiZr. The van der Waals surface area contributed by atoms with Gasteiger partial charge in [0, 0.05) is 9.52 Å². The zero-order valence-corrected chi connectivity index (χ0v) is 26.9. The van der Waals surface area contributed by atoms with E-state index in [4.69, 9.17) is 0 Å². The molecule has 0 atom stereocenters. The van der Waals surface area contributed by atoms with Crippen LogP contribution in [0.3, 0.4) is 0 Å². The summed E-state index contributed by atoms with van der Waals surface area (Å²) >= 11 is 0. The average molecular weight is 587 g/mol. The van der Waals surface area contributed by atoms with Crippen molar-refractivity contribution in [1.82, 2.24) is 0 Å². The maximum atomic E-state index is 2.35. The van der Waals surface area contributed by atoms with Crippen molar-refractivity contribution in [2.45, 2.75) is 92.2 Å². The molecule has 195 valence electrons. The van der Waals surface area contributed by atoms with Crippen molar-refractivity contribution in [3.63, 3.8) is 0 Å². The van der Waals surface area contributed by atoms with Crippen molar-refractivity contribution in [3.05, 3.63) is 82.9 Å². The van der Waals surface area contributed by atoms with Crippen molar-refractivity contribution in [2.24, 2.45) is 0 Å². The number of halogens is 2. The molecule has 0 spiro atoms. The van der Waals surface area contributed by atoms with Crippen LogP contribution in [-0.2, 0) is 39.0 Å². The maximum absolute atomic E-state index is 2.35. The summed E-state index contributed by atoms with van der Waals surface area (Å²) in [6.45, 7) is 13.5. The Kier molecular flexibility index (Phi) is 21.1. The molecule has 0 aromatic heterocycles. The van der Waals surface area contributed by atoms with Gasteiger partial charge in [0.15, 0.2) is 0 Å². The van der Waals surface area contributed by atoms with E-state index in [0.29, 0.717) is 0 Å². The predicted octanol–water partition coefficient (Wildman–Crippen LogP) is 3.72. The van der Waals surface area contributed by atoms with Crippen molar-refractivity contribution >= 4 is 31.1 Å². The molecule has 4 aromatic carbocycles. The molecule has 0 fully saturated rings. The van der Waals surface area contributed by atoms with E-state index in [2.05, 4.69) is 102 Å². The van der Waals surface area contributed by atoms with E-state index in [1.807, 2.05) is 0 Å². The minimum absolute atomic E-state index is 0. The van der Waals surface area contributed by atoms with Crippen molar-refractivity contribution in [3.8, 4) is 0 Å². The van der Waals surface area contributed by atoms with Crippen LogP contribution in [0.15, 0.2) is 60.7 Å². The number of fused-ring (bicyclic) bond motifs is 2. The smallest absolute Gasteiger partial charge is 1.00 e. The summed E-state index contributed by atoms with van der Waals surface area (Å²) in [5, 5.41) is 5.66. The van der Waals surface area contributed by atoms with E-state index in [9.17, 15) is 0 Å². The molecule has 36 heavy (non-hydrogen) atoms. The van der Waals surface area contributed by atoms with Crippen LogP contribution in [0.4, 0.5) is 0 Å². The molecular weight excluding hydrogens is 542 g/mol. The molecule has 0 saturated carbocycles. The largest absolute Gasteiger partial charge is 4.00 e. The summed E-state index contributed by atoms with van der Waals surface area (Å²) in [4.78, 5) is 0. The minimum atomic E-state index is 0. The number of unbranched alkanes of at least 4 members (excludes halogenated alkanes) is 2. The molecule has 0 aliphatic rings. The molecule has 4 aromatic rings. The molecule has 0 unspecified atom stereocenters. The van der Waals surface area contributed by atoms with Crippen molar-refractivity contribution in [1.29, 1.82) is 0 Å². The molecule has 0 amide bonds. The van der Waals surface area contributed by atoms with Gasteiger partial charge < -0.3 is 9.41 Å². The molecule has 4 heteroatoms. The second kappa shape index (κ2) is 20.7. The second-order valence-corrected chi connectivity index (χ2v) is 11.3. The summed E-state index contributed by atoms with van der Waals surface area (Å²) < 4.78 is 0. The van der Waals surface area contributed by atoms with Crippen LogP contribution in [0.25, 0.3) is 21.5 Å². The van der Waals surface area contributed by atoms with Gasteiger partial charge in [-0.1, -0.05) is 91.4 Å². The third kappa shape index (κ3) is 10.9. The van der Waals surface area contributed by atoms with Crippen LogP contribution in [0.1, 0.15) is 75.6 Å². The SMILES string of the molecule is CCCCc1[cH-]c2ccccc2c1C.CCCCc1[cH-]c2ccccc2c1C.CC[SiH]CC.[F-].[F-].[Zr+4]. The Balaban J connectivity index is 0. The van der Waals surface area contributed by atoms with Gasteiger partial charge in [-0.05, 0) is 12.8 Å². The van der Waals surface area contributed by atoms with Gasteiger partial charge in [-0.2, -0.15) is 11.1 Å². The predicted molar refractivity (Wildman–Crippen MR) is 154 cm³/mol. The van der Waals surface area contributed by atoms with Crippen LogP contribution in [-0.4, -0.2) is 9.52 Å². The van der Waals surface area contributed by atoms with Gasteiger partial charge in [0.25, 0.3) is 0 Å². The third-order valence-electron chi connectivity index (χ3n) is 6.53. The summed E-state index contributed by atoms with van der Waals surface area (Å²) in [6.07, 6.45) is 7.63. The monoisotopic (exact) mass is 585 g/mol. The van der Waals surface area contributed by atoms with Crippen LogP contribution in [0.2, 0.25) is 12.1 Å². The fourth-order valence-electron chi connectivity index (χ4n) is 4.41. The Labute approximate surface area is 240 Å². The topological polar surface area (TPSA) is 0 Å². The summed E-state index contributed by atoms with van der Waals surface area (Å²) in [5.74, 6) is 0. The van der Waals surface area contributed by atoms with E-state index in [-0.39, 0.29) is 35.6 Å². The van der Waals surface area contributed by atoms with Gasteiger partial charge in [0.1, 0.15) is 0 Å². The number of hydrogen-bond donors (Lipinski definition) is 0. The molecule has 1 radical (unpaired) electrons. The molecule has 0 N–H and O–H groups in total. The van der Waals surface area contributed by atoms with Gasteiger partial charge in [-0.15, -0.1) is 81.2 Å². The van der Waals surface area contributed by atoms with Gasteiger partial charge in [-0.25, -0.2) is 0 Å². The fraction of sp³-hybridized carbons (Fsp3) is 0.438. The maximum Gasteiger partial charge on any atom is 4.00 e. The molecule has 0 heterocycles. The van der Waals surface area contributed by atoms with Crippen molar-refractivity contribution in [2.75, 3.05) is 0 Å². The van der Waals surface area contributed by atoms with Gasteiger partial charge in [-0.3, -0.25) is 0 Å². The Bertz CT molecular complexity index is 994. The van der Waals surface area contributed by atoms with Crippen LogP contribution >= 0.6 is 0 Å². The Hall–Kier alpha value is -1.38. The van der Waals surface area contributed by atoms with Crippen LogP contribution < -0.4 is 9.41 Å². The first kappa shape index (κ1) is 36.8. The van der Waals surface area contributed by atoms with Gasteiger partial charge in [0.2, 0.25) is 0 Å². The van der Waals surface area contributed by atoms with Crippen molar-refractivity contribution < 1.29 is 35.6 Å². The van der Waals surface area contributed by atoms with E-state index in [1.54, 1.807) is 0 Å². The quantitative estimate of drug-likeness (QED) is 0.218. The Morgan fingerprint density at radius 2 is 0.972 bits per heavy atom. The average Bonchev–Trinajstić information content (AvgIpc) is 3.34. The van der Waals surface area contributed by atoms with E-state index >= 15 is 0 Å². The Morgan fingerprint density at radius 1 is 0.611 bits per heavy atom. The molecule has 0 aliphatic carbocycles. The number of benzene rings is 2.